The van der Waals surface area contributed by atoms with Crippen LogP contribution in [0.5, 0.6) is 0 Å². The van der Waals surface area contributed by atoms with Gasteiger partial charge in [0.1, 0.15) is 5.25 Å². The molecule has 1 N–H and O–H groups in total. The van der Waals surface area contributed by atoms with E-state index >= 15 is 0 Å². The van der Waals surface area contributed by atoms with E-state index in [9.17, 15) is 9.59 Å². The predicted molar refractivity (Wildman–Crippen MR) is 86.9 cm³/mol. The smallest absolute Gasteiger partial charge is 0.262 e. The maximum absolute atomic E-state index is 12.1. The Labute approximate surface area is 132 Å². The first-order valence-corrected chi connectivity index (χ1v) is 7.65. The van der Waals surface area contributed by atoms with Crippen molar-refractivity contribution in [1.82, 2.24) is 4.90 Å². The second-order valence-electron chi connectivity index (χ2n) is 4.90. The van der Waals surface area contributed by atoms with Crippen LogP contribution in [0.2, 0.25) is 5.02 Å². The largest absolute Gasteiger partial charge is 0.357 e. The standard InChI is InChI=1S/C14H16ClN3O2S/c1-8-9(15)5-4-6-10(8)16-12(19)7-11-13(20)17-14(21-11)18(2)3/h4-6,11H,7H2,1-3H3,(H,16,19). The molecule has 7 heteroatoms. The van der Waals surface area contributed by atoms with Crippen LogP contribution in [-0.4, -0.2) is 41.2 Å². The molecule has 112 valence electrons. The number of carbonyl (C=O) groups excluding carboxylic acids is 2. The van der Waals surface area contributed by atoms with Gasteiger partial charge in [-0.05, 0) is 24.6 Å². The van der Waals surface area contributed by atoms with Gasteiger partial charge in [-0.2, -0.15) is 4.99 Å². The van der Waals surface area contributed by atoms with Crippen LogP contribution >= 0.6 is 23.4 Å². The highest BCUT2D eigenvalue weighted by atomic mass is 35.5. The number of benzene rings is 1. The molecule has 0 fully saturated rings. The molecule has 21 heavy (non-hydrogen) atoms. The molecule has 0 spiro atoms. The molecule has 0 saturated heterocycles. The lowest BCUT2D eigenvalue weighted by Crippen LogP contribution is -2.22. The van der Waals surface area contributed by atoms with Gasteiger partial charge in [0.05, 0.1) is 0 Å². The summed E-state index contributed by atoms with van der Waals surface area (Å²) in [4.78, 5) is 29.5. The molecule has 0 bridgehead atoms. The molecule has 1 atom stereocenters. The average Bonchev–Trinajstić information content (AvgIpc) is 2.77. The fraction of sp³-hybridized carbons (Fsp3) is 0.357. The lowest BCUT2D eigenvalue weighted by molar-refractivity contribution is -0.121. The average molecular weight is 326 g/mol. The van der Waals surface area contributed by atoms with E-state index in [1.165, 1.54) is 11.8 Å². The fourth-order valence-corrected chi connectivity index (χ4v) is 2.99. The lowest BCUT2D eigenvalue weighted by Gasteiger charge is -2.13. The van der Waals surface area contributed by atoms with Crippen LogP contribution in [0, 0.1) is 6.92 Å². The third kappa shape index (κ3) is 3.77. The summed E-state index contributed by atoms with van der Waals surface area (Å²) >= 11 is 7.32. The Kier molecular flexibility index (Phi) is 4.90. The number of aliphatic imine (C=N–C) groups is 1. The van der Waals surface area contributed by atoms with Gasteiger partial charge in [-0.1, -0.05) is 29.4 Å². The minimum atomic E-state index is -0.457. The second-order valence-corrected chi connectivity index (χ2v) is 6.48. The van der Waals surface area contributed by atoms with Crippen LogP contribution in [0.1, 0.15) is 12.0 Å². The monoisotopic (exact) mass is 325 g/mol. The second kappa shape index (κ2) is 6.49. The number of rotatable bonds is 3. The van der Waals surface area contributed by atoms with Gasteiger partial charge in [0.2, 0.25) is 5.91 Å². The van der Waals surface area contributed by atoms with Crippen molar-refractivity contribution in [1.29, 1.82) is 0 Å². The van der Waals surface area contributed by atoms with E-state index in [2.05, 4.69) is 10.3 Å². The van der Waals surface area contributed by atoms with Gasteiger partial charge < -0.3 is 10.2 Å². The van der Waals surface area contributed by atoms with Crippen LogP contribution < -0.4 is 5.32 Å². The van der Waals surface area contributed by atoms with Gasteiger partial charge in [-0.15, -0.1) is 0 Å². The Bertz CT molecular complexity index is 616. The third-order valence-electron chi connectivity index (χ3n) is 3.02. The van der Waals surface area contributed by atoms with E-state index in [0.29, 0.717) is 15.9 Å². The van der Waals surface area contributed by atoms with Gasteiger partial charge in [0.15, 0.2) is 5.17 Å². The molecule has 1 aliphatic heterocycles. The maximum Gasteiger partial charge on any atom is 0.262 e. The Morgan fingerprint density at radius 2 is 2.19 bits per heavy atom. The Morgan fingerprint density at radius 1 is 1.48 bits per heavy atom. The number of nitrogens with zero attached hydrogens (tertiary/aromatic N) is 2. The number of nitrogens with one attached hydrogen (secondary N) is 1. The number of amides is 2. The molecule has 0 aliphatic carbocycles. The molecule has 0 radical (unpaired) electrons. The van der Waals surface area contributed by atoms with Crippen molar-refractivity contribution in [3.63, 3.8) is 0 Å². The summed E-state index contributed by atoms with van der Waals surface area (Å²) in [5, 5.41) is 3.56. The number of carbonyl (C=O) groups is 2. The summed E-state index contributed by atoms with van der Waals surface area (Å²) in [7, 11) is 3.63. The minimum Gasteiger partial charge on any atom is -0.357 e. The first kappa shape index (κ1) is 15.9. The number of amidine groups is 1. The van der Waals surface area contributed by atoms with Gasteiger partial charge >= 0.3 is 0 Å². The quantitative estimate of drug-likeness (QED) is 0.927. The van der Waals surface area contributed by atoms with Crippen molar-refractivity contribution >= 4 is 46.0 Å². The molecule has 1 unspecified atom stereocenters. The summed E-state index contributed by atoms with van der Waals surface area (Å²) in [6.45, 7) is 1.83. The van der Waals surface area contributed by atoms with Gasteiger partial charge in [-0.25, -0.2) is 0 Å². The van der Waals surface area contributed by atoms with Crippen molar-refractivity contribution in [2.75, 3.05) is 19.4 Å². The Hall–Kier alpha value is -1.53. The molecule has 1 aromatic rings. The highest BCUT2D eigenvalue weighted by Crippen LogP contribution is 2.27. The number of hydrogen-bond acceptors (Lipinski definition) is 4. The number of hydrogen-bond donors (Lipinski definition) is 1. The molecule has 1 aliphatic rings. The Morgan fingerprint density at radius 3 is 2.81 bits per heavy atom. The van der Waals surface area contributed by atoms with Crippen LogP contribution in [0.3, 0.4) is 0 Å². The SMILES string of the molecule is Cc1c(Cl)cccc1NC(=O)CC1SC(N(C)C)=NC1=O. The normalized spacial score (nSPS) is 17.6. The van der Waals surface area contributed by atoms with Crippen molar-refractivity contribution in [2.24, 2.45) is 4.99 Å². The molecule has 2 rings (SSSR count). The predicted octanol–water partition coefficient (Wildman–Crippen LogP) is 2.54. The maximum atomic E-state index is 12.1. The summed E-state index contributed by atoms with van der Waals surface area (Å²) in [5.41, 5.74) is 1.47. The van der Waals surface area contributed by atoms with Crippen molar-refractivity contribution in [3.8, 4) is 0 Å². The topological polar surface area (TPSA) is 61.8 Å². The first-order valence-electron chi connectivity index (χ1n) is 6.40. The minimum absolute atomic E-state index is 0.0935. The van der Waals surface area contributed by atoms with Gasteiger partial charge in [-0.3, -0.25) is 9.59 Å². The van der Waals surface area contributed by atoms with E-state index in [1.54, 1.807) is 23.1 Å². The van der Waals surface area contributed by atoms with E-state index < -0.39 is 5.25 Å². The molecule has 0 aromatic heterocycles. The Balaban J connectivity index is 1.97. The molecule has 1 heterocycles. The summed E-state index contributed by atoms with van der Waals surface area (Å²) in [5.74, 6) is -0.483. The third-order valence-corrected chi connectivity index (χ3v) is 4.75. The molecule has 1 aromatic carbocycles. The van der Waals surface area contributed by atoms with Crippen LogP contribution in [0.25, 0.3) is 0 Å². The van der Waals surface area contributed by atoms with Gasteiger partial charge in [0, 0.05) is 31.2 Å². The molecule has 2 amide bonds. The first-order chi connectivity index (χ1) is 9.88. The van der Waals surface area contributed by atoms with Crippen molar-refractivity contribution < 1.29 is 9.59 Å². The number of halogens is 1. The van der Waals surface area contributed by atoms with Crippen molar-refractivity contribution in [2.45, 2.75) is 18.6 Å². The van der Waals surface area contributed by atoms with Crippen LogP contribution in [0.4, 0.5) is 5.69 Å². The summed E-state index contributed by atoms with van der Waals surface area (Å²) in [6, 6.07) is 5.32. The van der Waals surface area contributed by atoms with Crippen LogP contribution in [-0.2, 0) is 9.59 Å². The molecular formula is C14H16ClN3O2S. The zero-order valence-electron chi connectivity index (χ0n) is 12.0. The highest BCUT2D eigenvalue weighted by molar-refractivity contribution is 8.15. The van der Waals surface area contributed by atoms with E-state index in [1.807, 2.05) is 21.0 Å². The van der Waals surface area contributed by atoms with Crippen LogP contribution in [0.15, 0.2) is 23.2 Å². The summed E-state index contributed by atoms with van der Waals surface area (Å²) < 4.78 is 0. The highest BCUT2D eigenvalue weighted by Gasteiger charge is 2.31. The number of anilines is 1. The summed E-state index contributed by atoms with van der Waals surface area (Å²) in [6.07, 6.45) is 0.0935. The lowest BCUT2D eigenvalue weighted by atomic mass is 10.2. The van der Waals surface area contributed by atoms with E-state index in [4.69, 9.17) is 11.6 Å². The van der Waals surface area contributed by atoms with E-state index in [-0.39, 0.29) is 18.2 Å². The molecular weight excluding hydrogens is 310 g/mol. The fourth-order valence-electron chi connectivity index (χ4n) is 1.82. The molecule has 0 saturated carbocycles. The number of thioether (sulfide) groups is 1. The zero-order chi connectivity index (χ0) is 15.6. The van der Waals surface area contributed by atoms with E-state index in [0.717, 1.165) is 5.56 Å². The van der Waals surface area contributed by atoms with Crippen molar-refractivity contribution in [3.05, 3.63) is 28.8 Å². The molecule has 5 nitrogen and oxygen atoms in total. The zero-order valence-corrected chi connectivity index (χ0v) is 13.6. The van der Waals surface area contributed by atoms with Gasteiger partial charge in [0.25, 0.3) is 5.91 Å².